The van der Waals surface area contributed by atoms with Gasteiger partial charge in [0.2, 0.25) is 0 Å². The Kier molecular flexibility index (Phi) is 8.31. The maximum Gasteiger partial charge on any atom is 0.123 e. The van der Waals surface area contributed by atoms with E-state index in [4.69, 9.17) is 9.47 Å². The Morgan fingerprint density at radius 2 is 1.95 bits per heavy atom. The molecule has 3 nitrogen and oxygen atoms in total. The maximum absolute atomic E-state index is 5.56. The standard InChI is InChI=1S/C17H29NO2/c1-5-6-11-20-12-7-10-18-15(3)16-9-8-14(2)13-17(16)19-4/h8-9,13,15,18H,5-7,10-12H2,1-4H3. The Bertz CT molecular complexity index is 379. The minimum atomic E-state index is 0.293. The van der Waals surface area contributed by atoms with Crippen molar-refractivity contribution in [2.24, 2.45) is 0 Å². The molecular formula is C17H29NO2. The highest BCUT2D eigenvalue weighted by Crippen LogP contribution is 2.25. The predicted octanol–water partition coefficient (Wildman–Crippen LogP) is 3.86. The molecule has 1 atom stereocenters. The second kappa shape index (κ2) is 9.78. The third-order valence-electron chi connectivity index (χ3n) is 3.41. The molecule has 3 heteroatoms. The molecular weight excluding hydrogens is 250 g/mol. The zero-order chi connectivity index (χ0) is 14.8. The molecule has 114 valence electrons. The van der Waals surface area contributed by atoms with Gasteiger partial charge in [-0.25, -0.2) is 0 Å². The average Bonchev–Trinajstić information content (AvgIpc) is 2.45. The summed E-state index contributed by atoms with van der Waals surface area (Å²) >= 11 is 0. The van der Waals surface area contributed by atoms with Gasteiger partial charge in [0.25, 0.3) is 0 Å². The van der Waals surface area contributed by atoms with Gasteiger partial charge in [-0.3, -0.25) is 0 Å². The van der Waals surface area contributed by atoms with Crippen molar-refractivity contribution in [3.8, 4) is 5.75 Å². The first kappa shape index (κ1) is 17.0. The van der Waals surface area contributed by atoms with Crippen LogP contribution in [0.3, 0.4) is 0 Å². The lowest BCUT2D eigenvalue weighted by Gasteiger charge is -2.17. The van der Waals surface area contributed by atoms with Crippen LogP contribution in [0.25, 0.3) is 0 Å². The fourth-order valence-electron chi connectivity index (χ4n) is 2.13. The van der Waals surface area contributed by atoms with E-state index in [-0.39, 0.29) is 0 Å². The van der Waals surface area contributed by atoms with Crippen LogP contribution < -0.4 is 10.1 Å². The van der Waals surface area contributed by atoms with E-state index in [0.717, 1.165) is 38.3 Å². The Morgan fingerprint density at radius 3 is 2.65 bits per heavy atom. The van der Waals surface area contributed by atoms with E-state index in [1.807, 2.05) is 0 Å². The van der Waals surface area contributed by atoms with Gasteiger partial charge >= 0.3 is 0 Å². The van der Waals surface area contributed by atoms with Gasteiger partial charge in [0, 0.05) is 24.8 Å². The smallest absolute Gasteiger partial charge is 0.123 e. The highest BCUT2D eigenvalue weighted by atomic mass is 16.5. The molecule has 1 aromatic rings. The van der Waals surface area contributed by atoms with Gasteiger partial charge in [-0.2, -0.15) is 0 Å². The maximum atomic E-state index is 5.56. The molecule has 0 bridgehead atoms. The Balaban J connectivity index is 2.30. The summed E-state index contributed by atoms with van der Waals surface area (Å²) in [6, 6.07) is 6.65. The molecule has 0 aromatic heterocycles. The first-order valence-corrected chi connectivity index (χ1v) is 7.64. The molecule has 1 unspecified atom stereocenters. The second-order valence-corrected chi connectivity index (χ2v) is 5.24. The molecule has 0 saturated heterocycles. The van der Waals surface area contributed by atoms with Crippen LogP contribution in [0.5, 0.6) is 5.75 Å². The molecule has 0 aliphatic heterocycles. The summed E-state index contributed by atoms with van der Waals surface area (Å²) in [5, 5.41) is 3.52. The van der Waals surface area contributed by atoms with E-state index >= 15 is 0 Å². The van der Waals surface area contributed by atoms with Crippen molar-refractivity contribution in [3.05, 3.63) is 29.3 Å². The second-order valence-electron chi connectivity index (χ2n) is 5.24. The minimum absolute atomic E-state index is 0.293. The largest absolute Gasteiger partial charge is 0.496 e. The average molecular weight is 279 g/mol. The van der Waals surface area contributed by atoms with Gasteiger partial charge in [-0.1, -0.05) is 25.5 Å². The van der Waals surface area contributed by atoms with E-state index in [1.165, 1.54) is 17.5 Å². The molecule has 1 N–H and O–H groups in total. The van der Waals surface area contributed by atoms with E-state index in [2.05, 4.69) is 44.3 Å². The van der Waals surface area contributed by atoms with Crippen molar-refractivity contribution in [2.75, 3.05) is 26.9 Å². The molecule has 0 fully saturated rings. The van der Waals surface area contributed by atoms with E-state index in [1.54, 1.807) is 7.11 Å². The first-order chi connectivity index (χ1) is 9.69. The van der Waals surface area contributed by atoms with Gasteiger partial charge in [0.05, 0.1) is 7.11 Å². The van der Waals surface area contributed by atoms with Crippen LogP contribution in [0.2, 0.25) is 0 Å². The van der Waals surface area contributed by atoms with Gasteiger partial charge in [0.1, 0.15) is 5.75 Å². The number of nitrogens with one attached hydrogen (secondary N) is 1. The summed E-state index contributed by atoms with van der Waals surface area (Å²) in [4.78, 5) is 0. The number of hydrogen-bond donors (Lipinski definition) is 1. The van der Waals surface area contributed by atoms with Crippen LogP contribution in [-0.2, 0) is 4.74 Å². The zero-order valence-electron chi connectivity index (χ0n) is 13.4. The Hall–Kier alpha value is -1.06. The zero-order valence-corrected chi connectivity index (χ0v) is 13.4. The monoisotopic (exact) mass is 279 g/mol. The number of methoxy groups -OCH3 is 1. The summed E-state index contributed by atoms with van der Waals surface area (Å²) < 4.78 is 11.0. The number of benzene rings is 1. The van der Waals surface area contributed by atoms with Crippen LogP contribution in [-0.4, -0.2) is 26.9 Å². The van der Waals surface area contributed by atoms with Crippen LogP contribution in [0, 0.1) is 6.92 Å². The van der Waals surface area contributed by atoms with Crippen LogP contribution >= 0.6 is 0 Å². The molecule has 0 aliphatic rings. The molecule has 1 rings (SSSR count). The summed E-state index contributed by atoms with van der Waals surface area (Å²) in [6.07, 6.45) is 3.40. The minimum Gasteiger partial charge on any atom is -0.496 e. The normalized spacial score (nSPS) is 12.4. The van der Waals surface area contributed by atoms with Gasteiger partial charge in [0.15, 0.2) is 0 Å². The van der Waals surface area contributed by atoms with E-state index in [9.17, 15) is 0 Å². The lowest BCUT2D eigenvalue weighted by atomic mass is 10.0. The van der Waals surface area contributed by atoms with Crippen molar-refractivity contribution >= 4 is 0 Å². The molecule has 0 saturated carbocycles. The summed E-state index contributed by atoms with van der Waals surface area (Å²) in [6.45, 7) is 9.12. The Morgan fingerprint density at radius 1 is 1.20 bits per heavy atom. The van der Waals surface area contributed by atoms with E-state index in [0.29, 0.717) is 6.04 Å². The Labute approximate surface area is 123 Å². The lowest BCUT2D eigenvalue weighted by Crippen LogP contribution is -2.21. The van der Waals surface area contributed by atoms with Gasteiger partial charge < -0.3 is 14.8 Å². The quantitative estimate of drug-likeness (QED) is 0.660. The number of aryl methyl sites for hydroxylation is 1. The van der Waals surface area contributed by atoms with Crippen molar-refractivity contribution in [1.82, 2.24) is 5.32 Å². The topological polar surface area (TPSA) is 30.5 Å². The molecule has 0 radical (unpaired) electrons. The number of rotatable bonds is 10. The van der Waals surface area contributed by atoms with Crippen LogP contribution in [0.15, 0.2) is 18.2 Å². The third kappa shape index (κ3) is 5.93. The van der Waals surface area contributed by atoms with Gasteiger partial charge in [-0.15, -0.1) is 0 Å². The predicted molar refractivity (Wildman–Crippen MR) is 84.5 cm³/mol. The molecule has 0 amide bonds. The fraction of sp³-hybridized carbons (Fsp3) is 0.647. The molecule has 0 heterocycles. The van der Waals surface area contributed by atoms with E-state index < -0.39 is 0 Å². The summed E-state index contributed by atoms with van der Waals surface area (Å²) in [5.74, 6) is 0.962. The van der Waals surface area contributed by atoms with Crippen LogP contribution in [0.4, 0.5) is 0 Å². The first-order valence-electron chi connectivity index (χ1n) is 7.64. The highest BCUT2D eigenvalue weighted by Gasteiger charge is 2.10. The SMILES string of the molecule is CCCCOCCCNC(C)c1ccc(C)cc1OC. The molecule has 0 aliphatic carbocycles. The van der Waals surface area contributed by atoms with Crippen molar-refractivity contribution in [3.63, 3.8) is 0 Å². The summed E-state index contributed by atoms with van der Waals surface area (Å²) in [7, 11) is 1.73. The molecule has 20 heavy (non-hydrogen) atoms. The van der Waals surface area contributed by atoms with Crippen LogP contribution in [0.1, 0.15) is 50.3 Å². The van der Waals surface area contributed by atoms with Crippen molar-refractivity contribution in [1.29, 1.82) is 0 Å². The number of ether oxygens (including phenoxy) is 2. The highest BCUT2D eigenvalue weighted by molar-refractivity contribution is 5.38. The number of unbranched alkanes of at least 4 members (excludes halogenated alkanes) is 1. The molecule has 0 spiro atoms. The van der Waals surface area contributed by atoms with Crippen molar-refractivity contribution in [2.45, 2.75) is 46.1 Å². The third-order valence-corrected chi connectivity index (χ3v) is 3.41. The lowest BCUT2D eigenvalue weighted by molar-refractivity contribution is 0.128. The van der Waals surface area contributed by atoms with Gasteiger partial charge in [-0.05, 0) is 44.9 Å². The number of hydrogen-bond acceptors (Lipinski definition) is 3. The molecule has 1 aromatic carbocycles. The fourth-order valence-corrected chi connectivity index (χ4v) is 2.13. The summed E-state index contributed by atoms with van der Waals surface area (Å²) in [5.41, 5.74) is 2.44. The van der Waals surface area contributed by atoms with Crippen molar-refractivity contribution < 1.29 is 9.47 Å².